The molecule has 2 aromatic heterocycles. The summed E-state index contributed by atoms with van der Waals surface area (Å²) in [6.45, 7) is 0.147. The van der Waals surface area contributed by atoms with E-state index < -0.39 is 35.2 Å². The molecule has 0 aliphatic heterocycles. The number of benzene rings is 1. The number of halogens is 4. The highest BCUT2D eigenvalue weighted by molar-refractivity contribution is 5.98. The SMILES string of the molecule is COC(=O)C12CCC(CNC(=O)c3cc(C(=O)NCc4cccc(OC(F)(F)F)c4)nc4c(F)cnn34)(CC1)CC2. The molecule has 3 aromatic rings. The van der Waals surface area contributed by atoms with Crippen LogP contribution in [0.15, 0.2) is 36.5 Å². The number of methoxy groups -OCH3 is 1. The number of aromatic nitrogens is 3. The van der Waals surface area contributed by atoms with Crippen molar-refractivity contribution >= 4 is 23.4 Å². The van der Waals surface area contributed by atoms with Crippen LogP contribution in [-0.2, 0) is 16.1 Å². The molecule has 2 bridgehead atoms. The lowest BCUT2D eigenvalue weighted by Crippen LogP contribution is -2.50. The largest absolute Gasteiger partial charge is 0.573 e. The van der Waals surface area contributed by atoms with Crippen LogP contribution in [0, 0.1) is 16.6 Å². The van der Waals surface area contributed by atoms with Crippen molar-refractivity contribution in [2.24, 2.45) is 10.8 Å². The van der Waals surface area contributed by atoms with Gasteiger partial charge in [0.25, 0.3) is 11.8 Å². The summed E-state index contributed by atoms with van der Waals surface area (Å²) in [6.07, 6.45) is 0.266. The van der Waals surface area contributed by atoms with E-state index in [4.69, 9.17) is 4.74 Å². The van der Waals surface area contributed by atoms with Crippen LogP contribution in [0.5, 0.6) is 5.75 Å². The molecule has 0 saturated heterocycles. The fourth-order valence-electron chi connectivity index (χ4n) is 5.75. The van der Waals surface area contributed by atoms with Crippen molar-refractivity contribution in [3.8, 4) is 5.75 Å². The number of amides is 2. The molecule has 3 aliphatic carbocycles. The van der Waals surface area contributed by atoms with E-state index in [0.29, 0.717) is 31.4 Å². The minimum atomic E-state index is -4.87. The number of hydrogen-bond donors (Lipinski definition) is 2. The number of nitrogens with zero attached hydrogens (tertiary/aromatic N) is 3. The van der Waals surface area contributed by atoms with E-state index in [1.165, 1.54) is 25.3 Å². The number of ether oxygens (including phenoxy) is 2. The molecule has 14 heteroatoms. The number of esters is 1. The Labute approximate surface area is 231 Å². The van der Waals surface area contributed by atoms with Gasteiger partial charge in [-0.3, -0.25) is 14.4 Å². The zero-order valence-electron chi connectivity index (χ0n) is 22.0. The maximum atomic E-state index is 14.4. The normalized spacial score (nSPS) is 21.9. The van der Waals surface area contributed by atoms with Gasteiger partial charge in [-0.05, 0) is 61.6 Å². The van der Waals surface area contributed by atoms with Gasteiger partial charge in [-0.1, -0.05) is 12.1 Å². The van der Waals surface area contributed by atoms with Crippen molar-refractivity contribution in [3.63, 3.8) is 0 Å². The fourth-order valence-corrected chi connectivity index (χ4v) is 5.75. The molecule has 2 heterocycles. The van der Waals surface area contributed by atoms with Crippen molar-refractivity contribution in [2.75, 3.05) is 13.7 Å². The smallest absolute Gasteiger partial charge is 0.469 e. The van der Waals surface area contributed by atoms with E-state index in [0.717, 1.165) is 42.1 Å². The fraction of sp³-hybridized carbons (Fsp3) is 0.444. The minimum Gasteiger partial charge on any atom is -0.469 e. The number of carbonyl (C=O) groups is 3. The molecule has 0 spiro atoms. The molecule has 3 fully saturated rings. The number of alkyl halides is 3. The van der Waals surface area contributed by atoms with Gasteiger partial charge in [0.15, 0.2) is 11.5 Å². The number of nitrogens with one attached hydrogen (secondary N) is 2. The summed E-state index contributed by atoms with van der Waals surface area (Å²) in [5.41, 5.74) is -1.06. The van der Waals surface area contributed by atoms with Crippen molar-refractivity contribution in [1.29, 1.82) is 0 Å². The first kappa shape index (κ1) is 28.3. The number of fused-ring (bicyclic) bond motifs is 4. The molecule has 1 aromatic carbocycles. The standard InChI is InChI=1S/C27H27F4N5O5/c1-40-24(39)26-8-5-25(6-9-26,7-10-26)15-33-23(38)20-12-19(35-21-18(28)14-34-36(20)21)22(37)32-13-16-3-2-4-17(11-16)41-27(29,30)31/h2-4,11-12,14H,5-10,13,15H2,1H3,(H,32,37)(H,33,38). The predicted octanol–water partition coefficient (Wildman–Crippen LogP) is 3.94. The molecule has 6 rings (SSSR count). The van der Waals surface area contributed by atoms with Gasteiger partial charge in [-0.25, -0.2) is 13.9 Å². The minimum absolute atomic E-state index is 0.114. The predicted molar refractivity (Wildman–Crippen MR) is 134 cm³/mol. The number of carbonyl (C=O) groups excluding carboxylic acids is 3. The third-order valence-corrected chi connectivity index (χ3v) is 8.12. The summed E-state index contributed by atoms with van der Waals surface area (Å²) in [5.74, 6) is -2.85. The van der Waals surface area contributed by atoms with E-state index in [1.54, 1.807) is 0 Å². The highest BCUT2D eigenvalue weighted by Crippen LogP contribution is 2.57. The first-order chi connectivity index (χ1) is 19.4. The second-order valence-electron chi connectivity index (χ2n) is 10.6. The summed E-state index contributed by atoms with van der Waals surface area (Å²) in [7, 11) is 1.39. The van der Waals surface area contributed by atoms with Crippen molar-refractivity contribution in [1.82, 2.24) is 25.2 Å². The molecule has 41 heavy (non-hydrogen) atoms. The van der Waals surface area contributed by atoms with Crippen molar-refractivity contribution in [2.45, 2.75) is 51.4 Å². The topological polar surface area (TPSA) is 124 Å². The van der Waals surface area contributed by atoms with Crippen LogP contribution in [-0.4, -0.2) is 52.4 Å². The lowest BCUT2D eigenvalue weighted by molar-refractivity contribution is -0.274. The average Bonchev–Trinajstić information content (AvgIpc) is 3.34. The van der Waals surface area contributed by atoms with Crippen molar-refractivity contribution < 1.29 is 41.4 Å². The Morgan fingerprint density at radius 2 is 1.73 bits per heavy atom. The average molecular weight is 578 g/mol. The molecule has 218 valence electrons. The molecule has 0 radical (unpaired) electrons. The Hall–Kier alpha value is -4.23. The first-order valence-electron chi connectivity index (χ1n) is 13.0. The summed E-state index contributed by atoms with van der Waals surface area (Å²) < 4.78 is 61.9. The Morgan fingerprint density at radius 1 is 1.02 bits per heavy atom. The maximum absolute atomic E-state index is 14.4. The van der Waals surface area contributed by atoms with E-state index in [-0.39, 0.29) is 35.0 Å². The zero-order chi connectivity index (χ0) is 29.4. The molecule has 3 aliphatic rings. The molecular weight excluding hydrogens is 550 g/mol. The van der Waals surface area contributed by atoms with Gasteiger partial charge in [-0.15, -0.1) is 13.2 Å². The van der Waals surface area contributed by atoms with Gasteiger partial charge < -0.3 is 20.1 Å². The van der Waals surface area contributed by atoms with Crippen LogP contribution >= 0.6 is 0 Å². The first-order valence-corrected chi connectivity index (χ1v) is 13.0. The molecule has 0 atom stereocenters. The zero-order valence-corrected chi connectivity index (χ0v) is 22.0. The Kier molecular flexibility index (Phi) is 7.34. The Balaban J connectivity index is 1.28. The van der Waals surface area contributed by atoms with E-state index in [1.807, 2.05) is 0 Å². The molecule has 10 nitrogen and oxygen atoms in total. The van der Waals surface area contributed by atoms with Gasteiger partial charge >= 0.3 is 12.3 Å². The molecule has 2 N–H and O–H groups in total. The lowest BCUT2D eigenvalue weighted by Gasteiger charge is -2.51. The Bertz CT molecular complexity index is 1480. The Morgan fingerprint density at radius 3 is 2.39 bits per heavy atom. The van der Waals surface area contributed by atoms with Gasteiger partial charge in [0.1, 0.15) is 17.1 Å². The summed E-state index contributed by atoms with van der Waals surface area (Å²) >= 11 is 0. The van der Waals surface area contributed by atoms with Crippen LogP contribution in [0.4, 0.5) is 17.6 Å². The quantitative estimate of drug-likeness (QED) is 0.307. The van der Waals surface area contributed by atoms with E-state index in [9.17, 15) is 31.9 Å². The van der Waals surface area contributed by atoms with Crippen LogP contribution in [0.1, 0.15) is 65.1 Å². The van der Waals surface area contributed by atoms with Crippen LogP contribution < -0.4 is 15.4 Å². The van der Waals surface area contributed by atoms with Gasteiger partial charge in [0.05, 0.1) is 18.7 Å². The highest BCUT2D eigenvalue weighted by Gasteiger charge is 2.53. The number of hydrogen-bond acceptors (Lipinski definition) is 7. The van der Waals surface area contributed by atoms with E-state index >= 15 is 0 Å². The maximum Gasteiger partial charge on any atom is 0.573 e. The second kappa shape index (κ2) is 10.6. The third kappa shape index (κ3) is 5.81. The van der Waals surface area contributed by atoms with Gasteiger partial charge in [0, 0.05) is 19.2 Å². The van der Waals surface area contributed by atoms with Crippen LogP contribution in [0.3, 0.4) is 0 Å². The number of rotatable bonds is 8. The summed E-state index contributed by atoms with van der Waals surface area (Å²) in [6, 6.07) is 6.24. The molecule has 2 amide bonds. The molecular formula is C27H27F4N5O5. The second-order valence-corrected chi connectivity index (χ2v) is 10.6. The third-order valence-electron chi connectivity index (χ3n) is 8.12. The lowest BCUT2D eigenvalue weighted by atomic mass is 9.53. The monoisotopic (exact) mass is 577 g/mol. The molecule has 3 saturated carbocycles. The van der Waals surface area contributed by atoms with Crippen molar-refractivity contribution in [3.05, 3.63) is 59.3 Å². The van der Waals surface area contributed by atoms with Gasteiger partial charge in [-0.2, -0.15) is 5.10 Å². The van der Waals surface area contributed by atoms with Gasteiger partial charge in [0.2, 0.25) is 0 Å². The van der Waals surface area contributed by atoms with Crippen LogP contribution in [0.25, 0.3) is 5.65 Å². The highest BCUT2D eigenvalue weighted by atomic mass is 19.4. The summed E-state index contributed by atoms with van der Waals surface area (Å²) in [5, 5.41) is 9.28. The summed E-state index contributed by atoms with van der Waals surface area (Å²) in [4.78, 5) is 42.4. The molecule has 0 unspecified atom stereocenters. The van der Waals surface area contributed by atoms with Crippen LogP contribution in [0.2, 0.25) is 0 Å². The van der Waals surface area contributed by atoms with E-state index in [2.05, 4.69) is 25.5 Å².